The number of carbonyl (C=O) groups is 3. The first-order valence-corrected chi connectivity index (χ1v) is 12.1. The molecule has 8 heteroatoms. The zero-order valence-electron chi connectivity index (χ0n) is 20.9. The third-order valence-corrected chi connectivity index (χ3v) is 7.29. The molecule has 0 radical (unpaired) electrons. The number of Topliss-reactive ketones (excluding diaryl/α,β-unsaturated/α-hetero) is 1. The van der Waals surface area contributed by atoms with E-state index < -0.39 is 23.8 Å². The summed E-state index contributed by atoms with van der Waals surface area (Å²) >= 11 is 0. The summed E-state index contributed by atoms with van der Waals surface area (Å²) in [5, 5.41) is 3.29. The van der Waals surface area contributed by atoms with Crippen LogP contribution in [0.1, 0.15) is 57.4 Å². The van der Waals surface area contributed by atoms with Crippen molar-refractivity contribution in [3.8, 4) is 11.5 Å². The smallest absolute Gasteiger partial charge is 0.337 e. The van der Waals surface area contributed by atoms with Gasteiger partial charge in [-0.2, -0.15) is 0 Å². The summed E-state index contributed by atoms with van der Waals surface area (Å²) in [4.78, 5) is 40.0. The molecule has 3 aliphatic rings. The second-order valence-electron chi connectivity index (χ2n) is 9.46. The SMILES string of the molecule is COC(=O)[C@H]1C(=O)C2=C(C[C@@H]1C)NC(C)=C(C(=O)OC1CCCC1)[C@@H]2c1ccc(OC)cc1OC. The average molecular weight is 484 g/mol. The molecular formula is C27H33NO7. The van der Waals surface area contributed by atoms with E-state index in [4.69, 9.17) is 18.9 Å². The van der Waals surface area contributed by atoms with Gasteiger partial charge >= 0.3 is 11.9 Å². The zero-order valence-corrected chi connectivity index (χ0v) is 20.9. The summed E-state index contributed by atoms with van der Waals surface area (Å²) in [6.07, 6.45) is 4.04. The monoisotopic (exact) mass is 483 g/mol. The first kappa shape index (κ1) is 24.8. The Morgan fingerprint density at radius 2 is 1.77 bits per heavy atom. The number of methoxy groups -OCH3 is 3. The van der Waals surface area contributed by atoms with Crippen LogP contribution in [0.15, 0.2) is 40.7 Å². The predicted octanol–water partition coefficient (Wildman–Crippen LogP) is 3.80. The van der Waals surface area contributed by atoms with Crippen LogP contribution in [0.3, 0.4) is 0 Å². The normalized spacial score (nSPS) is 24.6. The number of rotatable bonds is 6. The van der Waals surface area contributed by atoms with Gasteiger partial charge in [0.25, 0.3) is 0 Å². The van der Waals surface area contributed by atoms with E-state index in [0.717, 1.165) is 25.7 Å². The van der Waals surface area contributed by atoms with Gasteiger partial charge < -0.3 is 24.3 Å². The minimum absolute atomic E-state index is 0.138. The highest BCUT2D eigenvalue weighted by Crippen LogP contribution is 2.48. The van der Waals surface area contributed by atoms with E-state index in [2.05, 4.69) is 5.32 Å². The number of carbonyl (C=O) groups excluding carboxylic acids is 3. The van der Waals surface area contributed by atoms with E-state index >= 15 is 0 Å². The molecule has 1 heterocycles. The topological polar surface area (TPSA) is 100 Å². The lowest BCUT2D eigenvalue weighted by atomic mass is 9.69. The summed E-state index contributed by atoms with van der Waals surface area (Å²) in [7, 11) is 4.37. The van der Waals surface area contributed by atoms with Crippen LogP contribution >= 0.6 is 0 Å². The summed E-state index contributed by atoms with van der Waals surface area (Å²) < 4.78 is 21.9. The van der Waals surface area contributed by atoms with Crippen LogP contribution < -0.4 is 14.8 Å². The second-order valence-corrected chi connectivity index (χ2v) is 9.46. The third kappa shape index (κ3) is 4.54. The van der Waals surface area contributed by atoms with Crippen molar-refractivity contribution in [2.24, 2.45) is 11.8 Å². The Morgan fingerprint density at radius 1 is 1.06 bits per heavy atom. The number of dihydropyridines is 1. The van der Waals surface area contributed by atoms with Crippen molar-refractivity contribution in [2.45, 2.75) is 58.0 Å². The van der Waals surface area contributed by atoms with Crippen molar-refractivity contribution in [1.29, 1.82) is 0 Å². The molecule has 0 aromatic heterocycles. The van der Waals surface area contributed by atoms with Crippen molar-refractivity contribution in [2.75, 3.05) is 21.3 Å². The highest BCUT2D eigenvalue weighted by molar-refractivity contribution is 6.12. The van der Waals surface area contributed by atoms with E-state index in [1.54, 1.807) is 25.3 Å². The maximum absolute atomic E-state index is 13.9. The molecular weight excluding hydrogens is 450 g/mol. The van der Waals surface area contributed by atoms with Crippen molar-refractivity contribution < 1.29 is 33.3 Å². The Hall–Kier alpha value is -3.29. The molecule has 1 aromatic rings. The second kappa shape index (κ2) is 10.1. The number of benzene rings is 1. The molecule has 188 valence electrons. The van der Waals surface area contributed by atoms with Crippen LogP contribution in [0.25, 0.3) is 0 Å². The number of ketones is 1. The molecule has 8 nitrogen and oxygen atoms in total. The molecule has 35 heavy (non-hydrogen) atoms. The van der Waals surface area contributed by atoms with Crippen LogP contribution in [0, 0.1) is 11.8 Å². The molecule has 1 fully saturated rings. The maximum atomic E-state index is 13.9. The third-order valence-electron chi connectivity index (χ3n) is 7.29. The van der Waals surface area contributed by atoms with E-state index in [9.17, 15) is 14.4 Å². The quantitative estimate of drug-likeness (QED) is 0.482. The van der Waals surface area contributed by atoms with Gasteiger partial charge in [-0.05, 0) is 51.0 Å². The Labute approximate surface area is 205 Å². The van der Waals surface area contributed by atoms with Crippen molar-refractivity contribution in [3.63, 3.8) is 0 Å². The largest absolute Gasteiger partial charge is 0.497 e. The molecule has 1 N–H and O–H groups in total. The summed E-state index contributed by atoms with van der Waals surface area (Å²) in [6.45, 7) is 3.68. The molecule has 4 rings (SSSR count). The number of hydrogen-bond acceptors (Lipinski definition) is 8. The maximum Gasteiger partial charge on any atom is 0.337 e. The number of esters is 2. The first-order chi connectivity index (χ1) is 16.8. The molecule has 0 saturated heterocycles. The van der Waals surface area contributed by atoms with Gasteiger partial charge in [0.15, 0.2) is 5.78 Å². The Morgan fingerprint density at radius 3 is 2.40 bits per heavy atom. The van der Waals surface area contributed by atoms with Gasteiger partial charge in [-0.15, -0.1) is 0 Å². The van der Waals surface area contributed by atoms with Crippen LogP contribution in [0.5, 0.6) is 11.5 Å². The lowest BCUT2D eigenvalue weighted by molar-refractivity contribution is -0.151. The summed E-state index contributed by atoms with van der Waals surface area (Å²) in [5.41, 5.74) is 2.70. The fourth-order valence-corrected chi connectivity index (χ4v) is 5.54. The number of hydrogen-bond donors (Lipinski definition) is 1. The fraction of sp³-hybridized carbons (Fsp3) is 0.519. The summed E-state index contributed by atoms with van der Waals surface area (Å²) in [6, 6.07) is 5.29. The molecule has 1 aliphatic heterocycles. The highest BCUT2D eigenvalue weighted by atomic mass is 16.5. The molecule has 3 atom stereocenters. The number of allylic oxidation sites excluding steroid dienone is 3. The van der Waals surface area contributed by atoms with Crippen molar-refractivity contribution in [1.82, 2.24) is 5.32 Å². The van der Waals surface area contributed by atoms with Crippen molar-refractivity contribution >= 4 is 17.7 Å². The van der Waals surface area contributed by atoms with Crippen molar-refractivity contribution in [3.05, 3.63) is 46.3 Å². The van der Waals surface area contributed by atoms with Crippen LogP contribution in [-0.2, 0) is 23.9 Å². The predicted molar refractivity (Wildman–Crippen MR) is 128 cm³/mol. The lowest BCUT2D eigenvalue weighted by Gasteiger charge is -2.38. The Balaban J connectivity index is 1.86. The zero-order chi connectivity index (χ0) is 25.3. The van der Waals surface area contributed by atoms with Gasteiger partial charge in [-0.1, -0.05) is 13.0 Å². The van der Waals surface area contributed by atoms with Crippen LogP contribution in [0.2, 0.25) is 0 Å². The molecule has 1 aromatic carbocycles. The standard InChI is InChI=1S/C27H33NO7/c1-14-12-19-24(25(29)21(14)26(30)34-5)23(18-11-10-17(32-3)13-20(18)33-4)22(15(2)28-19)27(31)35-16-8-6-7-9-16/h10-11,13-14,16,21,23,28H,6-9,12H2,1-5H3/t14-,21+,23-/m0/s1. The Bertz CT molecular complexity index is 1100. The van der Waals surface area contributed by atoms with Gasteiger partial charge in [0.2, 0.25) is 0 Å². The van der Waals surface area contributed by atoms with Crippen LogP contribution in [0.4, 0.5) is 0 Å². The molecule has 1 saturated carbocycles. The fourth-order valence-electron chi connectivity index (χ4n) is 5.54. The lowest BCUT2D eigenvalue weighted by Crippen LogP contribution is -2.43. The molecule has 0 unspecified atom stereocenters. The van der Waals surface area contributed by atoms with E-state index in [1.807, 2.05) is 13.8 Å². The number of nitrogens with one attached hydrogen (secondary N) is 1. The first-order valence-electron chi connectivity index (χ1n) is 12.1. The molecule has 0 bridgehead atoms. The highest BCUT2D eigenvalue weighted by Gasteiger charge is 2.48. The van der Waals surface area contributed by atoms with Gasteiger partial charge in [0.1, 0.15) is 23.5 Å². The minimum Gasteiger partial charge on any atom is -0.497 e. The summed E-state index contributed by atoms with van der Waals surface area (Å²) in [5.74, 6) is -2.28. The molecule has 2 aliphatic carbocycles. The van der Waals surface area contributed by atoms with Crippen LogP contribution in [-0.4, -0.2) is 45.2 Å². The number of ether oxygens (including phenoxy) is 4. The van der Waals surface area contributed by atoms with E-state index in [-0.39, 0.29) is 17.8 Å². The Kier molecular flexibility index (Phi) is 7.19. The van der Waals surface area contributed by atoms with Gasteiger partial charge in [0.05, 0.1) is 32.8 Å². The molecule has 0 spiro atoms. The average Bonchev–Trinajstić information content (AvgIpc) is 3.35. The molecule has 0 amide bonds. The van der Waals surface area contributed by atoms with Gasteiger partial charge in [-0.25, -0.2) is 4.79 Å². The minimum atomic E-state index is -0.946. The van der Waals surface area contributed by atoms with Gasteiger partial charge in [-0.3, -0.25) is 9.59 Å². The van der Waals surface area contributed by atoms with E-state index in [1.165, 1.54) is 14.2 Å². The van der Waals surface area contributed by atoms with Gasteiger partial charge in [0, 0.05) is 28.6 Å². The van der Waals surface area contributed by atoms with E-state index in [0.29, 0.717) is 46.0 Å².